The summed E-state index contributed by atoms with van der Waals surface area (Å²) in [6.07, 6.45) is 3.73. The van der Waals surface area contributed by atoms with E-state index in [-0.39, 0.29) is 5.91 Å². The van der Waals surface area contributed by atoms with E-state index in [4.69, 9.17) is 11.6 Å². The molecule has 17 heavy (non-hydrogen) atoms. The van der Waals surface area contributed by atoms with E-state index in [1.807, 2.05) is 18.2 Å². The van der Waals surface area contributed by atoms with Gasteiger partial charge in [0.1, 0.15) is 0 Å². The number of carbonyl (C=O) groups excluding carboxylic acids is 1. The lowest BCUT2D eigenvalue weighted by Gasteiger charge is -2.06. The molecule has 1 fully saturated rings. The van der Waals surface area contributed by atoms with E-state index in [1.165, 1.54) is 12.8 Å². The second kappa shape index (κ2) is 5.87. The molecule has 92 valence electrons. The van der Waals surface area contributed by atoms with E-state index >= 15 is 0 Å². The molecule has 2 nitrogen and oxygen atoms in total. The van der Waals surface area contributed by atoms with Crippen molar-refractivity contribution >= 4 is 33.4 Å². The molecule has 0 heterocycles. The molecule has 1 saturated carbocycles. The third-order valence-corrected chi connectivity index (χ3v) is 3.77. The van der Waals surface area contributed by atoms with Crippen molar-refractivity contribution in [3.8, 4) is 0 Å². The van der Waals surface area contributed by atoms with Crippen LogP contribution < -0.4 is 5.32 Å². The zero-order valence-electron chi connectivity index (χ0n) is 9.51. The van der Waals surface area contributed by atoms with Crippen molar-refractivity contribution < 1.29 is 4.79 Å². The van der Waals surface area contributed by atoms with Crippen LogP contribution in [0.25, 0.3) is 0 Å². The maximum absolute atomic E-state index is 11.6. The average Bonchev–Trinajstić information content (AvgIpc) is 3.09. The monoisotopic (exact) mass is 315 g/mol. The van der Waals surface area contributed by atoms with Crippen molar-refractivity contribution in [2.24, 2.45) is 5.92 Å². The molecule has 1 aromatic carbocycles. The lowest BCUT2D eigenvalue weighted by Crippen LogP contribution is -2.25. The van der Waals surface area contributed by atoms with Gasteiger partial charge in [-0.25, -0.2) is 0 Å². The molecule has 1 aromatic rings. The molecule has 0 radical (unpaired) electrons. The van der Waals surface area contributed by atoms with Crippen LogP contribution in [0.4, 0.5) is 0 Å². The Morgan fingerprint density at radius 3 is 2.88 bits per heavy atom. The van der Waals surface area contributed by atoms with E-state index < -0.39 is 0 Å². The van der Waals surface area contributed by atoms with Crippen LogP contribution in [0.15, 0.2) is 22.7 Å². The third-order valence-electron chi connectivity index (χ3n) is 2.92. The summed E-state index contributed by atoms with van der Waals surface area (Å²) in [4.78, 5) is 11.6. The van der Waals surface area contributed by atoms with E-state index in [2.05, 4.69) is 21.2 Å². The summed E-state index contributed by atoms with van der Waals surface area (Å²) in [5.74, 6) is 0.853. The summed E-state index contributed by atoms with van der Waals surface area (Å²) in [7, 11) is 0. The van der Waals surface area contributed by atoms with E-state index in [0.29, 0.717) is 12.8 Å². The number of nitrogens with one attached hydrogen (secondary N) is 1. The van der Waals surface area contributed by atoms with Crippen LogP contribution in [0.1, 0.15) is 24.8 Å². The number of rotatable bonds is 5. The SMILES string of the molecule is O=C(CCc1ccc(Br)cc1Cl)NCC1CC1. The average molecular weight is 317 g/mol. The van der Waals surface area contributed by atoms with E-state index in [1.54, 1.807) is 0 Å². The number of amides is 1. The minimum Gasteiger partial charge on any atom is -0.356 e. The number of halogens is 2. The fourth-order valence-electron chi connectivity index (χ4n) is 1.64. The second-order valence-corrected chi connectivity index (χ2v) is 5.81. The fraction of sp³-hybridized carbons (Fsp3) is 0.462. The second-order valence-electron chi connectivity index (χ2n) is 4.48. The van der Waals surface area contributed by atoms with Gasteiger partial charge in [0.25, 0.3) is 0 Å². The largest absolute Gasteiger partial charge is 0.356 e. The summed E-state index contributed by atoms with van der Waals surface area (Å²) in [6, 6.07) is 5.77. The highest BCUT2D eigenvalue weighted by Crippen LogP contribution is 2.27. The first-order chi connectivity index (χ1) is 8.15. The van der Waals surface area contributed by atoms with Crippen molar-refractivity contribution in [2.45, 2.75) is 25.7 Å². The van der Waals surface area contributed by atoms with Crippen LogP contribution in [-0.4, -0.2) is 12.5 Å². The van der Waals surface area contributed by atoms with Crippen LogP contribution in [-0.2, 0) is 11.2 Å². The molecule has 0 aromatic heterocycles. The van der Waals surface area contributed by atoms with Gasteiger partial charge in [0.2, 0.25) is 5.91 Å². The van der Waals surface area contributed by atoms with Crippen molar-refractivity contribution in [2.75, 3.05) is 6.54 Å². The number of benzene rings is 1. The summed E-state index contributed by atoms with van der Waals surface area (Å²) in [6.45, 7) is 0.840. The minimum absolute atomic E-state index is 0.121. The summed E-state index contributed by atoms with van der Waals surface area (Å²) in [5.41, 5.74) is 1.02. The summed E-state index contributed by atoms with van der Waals surface area (Å²) >= 11 is 9.45. The van der Waals surface area contributed by atoms with Crippen molar-refractivity contribution in [1.82, 2.24) is 5.32 Å². The van der Waals surface area contributed by atoms with Crippen molar-refractivity contribution in [1.29, 1.82) is 0 Å². The zero-order valence-corrected chi connectivity index (χ0v) is 11.9. The lowest BCUT2D eigenvalue weighted by molar-refractivity contribution is -0.121. The molecular formula is C13H15BrClNO. The van der Waals surface area contributed by atoms with Crippen LogP contribution in [0.5, 0.6) is 0 Å². The molecule has 1 amide bonds. The highest BCUT2D eigenvalue weighted by Gasteiger charge is 2.21. The molecule has 0 saturated heterocycles. The Labute approximate surface area is 115 Å². The maximum atomic E-state index is 11.6. The molecule has 0 aliphatic heterocycles. The normalized spacial score (nSPS) is 14.7. The Morgan fingerprint density at radius 2 is 2.24 bits per heavy atom. The van der Waals surface area contributed by atoms with Crippen molar-refractivity contribution in [3.63, 3.8) is 0 Å². The quantitative estimate of drug-likeness (QED) is 0.884. The number of hydrogen-bond donors (Lipinski definition) is 1. The van der Waals surface area contributed by atoms with Gasteiger partial charge in [-0.3, -0.25) is 4.79 Å². The molecule has 4 heteroatoms. The van der Waals surface area contributed by atoms with Crippen molar-refractivity contribution in [3.05, 3.63) is 33.3 Å². The Hall–Kier alpha value is -0.540. The lowest BCUT2D eigenvalue weighted by atomic mass is 10.1. The van der Waals surface area contributed by atoms with Gasteiger partial charge in [-0.1, -0.05) is 33.6 Å². The molecule has 1 aliphatic rings. The molecule has 0 unspecified atom stereocenters. The van der Waals surface area contributed by atoms with Gasteiger partial charge in [0, 0.05) is 22.5 Å². The minimum atomic E-state index is 0.121. The smallest absolute Gasteiger partial charge is 0.220 e. The van der Waals surface area contributed by atoms with Gasteiger partial charge < -0.3 is 5.32 Å². The first-order valence-corrected chi connectivity index (χ1v) is 7.03. The topological polar surface area (TPSA) is 29.1 Å². The first-order valence-electron chi connectivity index (χ1n) is 5.86. The predicted molar refractivity (Wildman–Crippen MR) is 73.2 cm³/mol. The Balaban J connectivity index is 1.77. The molecular weight excluding hydrogens is 302 g/mol. The fourth-order valence-corrected chi connectivity index (χ4v) is 2.41. The Morgan fingerprint density at radius 1 is 1.47 bits per heavy atom. The summed E-state index contributed by atoms with van der Waals surface area (Å²) < 4.78 is 0.962. The highest BCUT2D eigenvalue weighted by atomic mass is 79.9. The molecule has 0 atom stereocenters. The van der Waals surface area contributed by atoms with Crippen LogP contribution >= 0.6 is 27.5 Å². The molecule has 0 spiro atoms. The van der Waals surface area contributed by atoms with Crippen LogP contribution in [0, 0.1) is 5.92 Å². The standard InChI is InChI=1S/C13H15BrClNO/c14-11-5-3-10(12(15)7-11)4-6-13(17)16-8-9-1-2-9/h3,5,7,9H,1-2,4,6,8H2,(H,16,17). The Kier molecular flexibility index (Phi) is 4.46. The summed E-state index contributed by atoms with van der Waals surface area (Å²) in [5, 5.41) is 3.67. The molecule has 1 aliphatic carbocycles. The highest BCUT2D eigenvalue weighted by molar-refractivity contribution is 9.10. The van der Waals surface area contributed by atoms with E-state index in [0.717, 1.165) is 27.5 Å². The van der Waals surface area contributed by atoms with Gasteiger partial charge in [-0.05, 0) is 42.9 Å². The van der Waals surface area contributed by atoms with Crippen LogP contribution in [0.3, 0.4) is 0 Å². The number of aryl methyl sites for hydroxylation is 1. The van der Waals surface area contributed by atoms with Gasteiger partial charge in [0.05, 0.1) is 0 Å². The van der Waals surface area contributed by atoms with E-state index in [9.17, 15) is 4.79 Å². The molecule has 1 N–H and O–H groups in total. The molecule has 2 rings (SSSR count). The predicted octanol–water partition coefficient (Wildman–Crippen LogP) is 3.56. The maximum Gasteiger partial charge on any atom is 0.220 e. The number of carbonyl (C=O) groups is 1. The zero-order chi connectivity index (χ0) is 12.3. The Bertz CT molecular complexity index is 418. The van der Waals surface area contributed by atoms with Gasteiger partial charge in [-0.15, -0.1) is 0 Å². The van der Waals surface area contributed by atoms with Gasteiger partial charge in [0.15, 0.2) is 0 Å². The molecule has 0 bridgehead atoms. The first kappa shape index (κ1) is 12.9. The third kappa shape index (κ3) is 4.32. The van der Waals surface area contributed by atoms with Gasteiger partial charge in [-0.2, -0.15) is 0 Å². The van der Waals surface area contributed by atoms with Crippen LogP contribution in [0.2, 0.25) is 5.02 Å². The number of hydrogen-bond acceptors (Lipinski definition) is 1. The van der Waals surface area contributed by atoms with Gasteiger partial charge >= 0.3 is 0 Å².